The molecule has 0 aromatic heterocycles. The van der Waals surface area contributed by atoms with Gasteiger partial charge in [-0.25, -0.2) is 0 Å². The monoisotopic (exact) mass is 464 g/mol. The molecule has 1 aromatic carbocycles. The summed E-state index contributed by atoms with van der Waals surface area (Å²) in [5, 5.41) is 0. The van der Waals surface area contributed by atoms with Gasteiger partial charge in [0.05, 0.1) is 0 Å². The van der Waals surface area contributed by atoms with Gasteiger partial charge >= 0.3 is 0 Å². The van der Waals surface area contributed by atoms with Gasteiger partial charge in [0.1, 0.15) is 0 Å². The van der Waals surface area contributed by atoms with E-state index in [-0.39, 0.29) is 0 Å². The summed E-state index contributed by atoms with van der Waals surface area (Å²) in [7, 11) is 0. The largest absolute Gasteiger partial charge is 0.0804 e. The summed E-state index contributed by atoms with van der Waals surface area (Å²) in [6.45, 7) is 4.62. The summed E-state index contributed by atoms with van der Waals surface area (Å²) in [6, 6.07) is 9.82. The predicted octanol–water partition coefficient (Wildman–Crippen LogP) is 11.6. The Balaban J connectivity index is 1.31. The molecule has 0 radical (unpaired) electrons. The van der Waals surface area contributed by atoms with E-state index in [9.17, 15) is 0 Å². The number of allylic oxidation sites excluding steroid dienone is 2. The van der Waals surface area contributed by atoms with Crippen molar-refractivity contribution in [2.24, 2.45) is 11.8 Å². The number of unbranched alkanes of at least 4 members (excludes halogenated alkanes) is 10. The average Bonchev–Trinajstić information content (AvgIpc) is 2.89. The molecule has 0 spiro atoms. The molecular weight excluding hydrogens is 408 g/mol. The molecule has 192 valence electrons. The van der Waals surface area contributed by atoms with E-state index in [2.05, 4.69) is 44.2 Å². The quantitative estimate of drug-likeness (QED) is 0.213. The molecule has 0 aliphatic heterocycles. The molecule has 1 unspecified atom stereocenters. The zero-order valence-corrected chi connectivity index (χ0v) is 23.0. The highest BCUT2D eigenvalue weighted by molar-refractivity contribution is 5.66. The van der Waals surface area contributed by atoms with Crippen LogP contribution in [0.4, 0.5) is 0 Å². The number of rotatable bonds is 16. The van der Waals surface area contributed by atoms with Gasteiger partial charge in [0.15, 0.2) is 0 Å². The van der Waals surface area contributed by atoms with E-state index in [1.54, 1.807) is 11.1 Å². The fraction of sp³-hybridized carbons (Fsp3) is 0.765. The van der Waals surface area contributed by atoms with Crippen LogP contribution in [0.2, 0.25) is 0 Å². The summed E-state index contributed by atoms with van der Waals surface area (Å²) in [4.78, 5) is 0. The molecular formula is C34H56. The molecule has 0 heterocycles. The second kappa shape index (κ2) is 16.6. The van der Waals surface area contributed by atoms with Gasteiger partial charge in [0.25, 0.3) is 0 Å². The molecule has 3 rings (SSSR count). The summed E-state index contributed by atoms with van der Waals surface area (Å²) in [5.74, 6) is 2.77. The smallest absolute Gasteiger partial charge is 0.0162 e. The van der Waals surface area contributed by atoms with Gasteiger partial charge in [-0.15, -0.1) is 0 Å². The Morgan fingerprint density at radius 2 is 1.15 bits per heavy atom. The van der Waals surface area contributed by atoms with Crippen LogP contribution in [0.3, 0.4) is 0 Å². The summed E-state index contributed by atoms with van der Waals surface area (Å²) >= 11 is 0. The maximum Gasteiger partial charge on any atom is -0.0162 e. The molecule has 1 atom stereocenters. The average molecular weight is 465 g/mol. The van der Waals surface area contributed by atoms with Gasteiger partial charge in [-0.1, -0.05) is 134 Å². The van der Waals surface area contributed by atoms with Crippen LogP contribution in [0.15, 0.2) is 30.3 Å². The van der Waals surface area contributed by atoms with Gasteiger partial charge in [0, 0.05) is 0 Å². The van der Waals surface area contributed by atoms with E-state index < -0.39 is 0 Å². The summed E-state index contributed by atoms with van der Waals surface area (Å²) in [5.41, 5.74) is 4.72. The van der Waals surface area contributed by atoms with Crippen LogP contribution in [0.5, 0.6) is 0 Å². The molecule has 2 aliphatic carbocycles. The van der Waals surface area contributed by atoms with Gasteiger partial charge in [-0.3, -0.25) is 0 Å². The highest BCUT2D eigenvalue weighted by Crippen LogP contribution is 2.39. The Hall–Kier alpha value is -1.04. The van der Waals surface area contributed by atoms with Crippen molar-refractivity contribution in [2.75, 3.05) is 0 Å². The van der Waals surface area contributed by atoms with Crippen LogP contribution in [-0.4, -0.2) is 0 Å². The fourth-order valence-electron chi connectivity index (χ4n) is 6.59. The first kappa shape index (κ1) is 27.5. The van der Waals surface area contributed by atoms with E-state index >= 15 is 0 Å². The molecule has 0 N–H and O–H groups in total. The maximum absolute atomic E-state index is 2.57. The third-order valence-corrected chi connectivity index (χ3v) is 9.05. The lowest BCUT2D eigenvalue weighted by Crippen LogP contribution is -2.13. The van der Waals surface area contributed by atoms with Crippen LogP contribution in [-0.2, 0) is 0 Å². The van der Waals surface area contributed by atoms with Crippen molar-refractivity contribution in [1.29, 1.82) is 0 Å². The van der Waals surface area contributed by atoms with Crippen molar-refractivity contribution in [1.82, 2.24) is 0 Å². The van der Waals surface area contributed by atoms with Gasteiger partial charge < -0.3 is 0 Å². The topological polar surface area (TPSA) is 0 Å². The first-order valence-corrected chi connectivity index (χ1v) is 15.6. The van der Waals surface area contributed by atoms with E-state index in [1.165, 1.54) is 140 Å². The van der Waals surface area contributed by atoms with Crippen LogP contribution in [0.25, 0.3) is 5.57 Å². The van der Waals surface area contributed by atoms with Crippen molar-refractivity contribution >= 4 is 5.57 Å². The van der Waals surface area contributed by atoms with E-state index in [0.717, 1.165) is 17.8 Å². The van der Waals surface area contributed by atoms with Crippen LogP contribution < -0.4 is 0 Å². The lowest BCUT2D eigenvalue weighted by atomic mass is 9.76. The lowest BCUT2D eigenvalue weighted by Gasteiger charge is -2.29. The third kappa shape index (κ3) is 9.91. The Morgan fingerprint density at radius 1 is 0.588 bits per heavy atom. The van der Waals surface area contributed by atoms with Crippen LogP contribution in [0.1, 0.15) is 166 Å². The highest BCUT2D eigenvalue weighted by atomic mass is 14.3. The van der Waals surface area contributed by atoms with Crippen molar-refractivity contribution in [3.63, 3.8) is 0 Å². The molecule has 0 heteroatoms. The zero-order valence-electron chi connectivity index (χ0n) is 23.0. The third-order valence-electron chi connectivity index (χ3n) is 9.05. The van der Waals surface area contributed by atoms with Crippen molar-refractivity contribution < 1.29 is 0 Å². The zero-order chi connectivity index (χ0) is 23.8. The second-order valence-electron chi connectivity index (χ2n) is 11.8. The lowest BCUT2D eigenvalue weighted by molar-refractivity contribution is 0.301. The first-order valence-electron chi connectivity index (χ1n) is 15.6. The van der Waals surface area contributed by atoms with Crippen LogP contribution in [0, 0.1) is 11.8 Å². The number of hydrogen-bond acceptors (Lipinski definition) is 0. The minimum Gasteiger partial charge on any atom is -0.0804 e. The Morgan fingerprint density at radius 3 is 1.74 bits per heavy atom. The van der Waals surface area contributed by atoms with E-state index in [0.29, 0.717) is 0 Å². The second-order valence-corrected chi connectivity index (χ2v) is 11.8. The standard InChI is InChI=1S/C34H56/c1-3-5-7-9-10-11-12-14-16-30-19-23-32(24-20-30)34-27-25-33(26-28-34)31-21-17-29(18-22-31)15-13-8-6-4-2/h21,25-30,32H,3-20,22-24H2,1-2H3. The fourth-order valence-corrected chi connectivity index (χ4v) is 6.59. The summed E-state index contributed by atoms with van der Waals surface area (Å²) in [6.07, 6.45) is 32.6. The highest BCUT2D eigenvalue weighted by Gasteiger charge is 2.22. The number of benzene rings is 1. The van der Waals surface area contributed by atoms with Gasteiger partial charge in [-0.05, 0) is 79.4 Å². The van der Waals surface area contributed by atoms with E-state index in [1.807, 2.05) is 0 Å². The molecule has 1 saturated carbocycles. The molecule has 0 amide bonds. The molecule has 34 heavy (non-hydrogen) atoms. The minimum atomic E-state index is 0.816. The Bertz CT molecular complexity index is 658. The Kier molecular flexibility index (Phi) is 13.4. The van der Waals surface area contributed by atoms with Crippen molar-refractivity contribution in [2.45, 2.75) is 155 Å². The molecule has 2 aliphatic rings. The van der Waals surface area contributed by atoms with Crippen LogP contribution >= 0.6 is 0 Å². The first-order chi connectivity index (χ1) is 16.8. The maximum atomic E-state index is 2.57. The van der Waals surface area contributed by atoms with Gasteiger partial charge in [0.2, 0.25) is 0 Å². The predicted molar refractivity (Wildman–Crippen MR) is 152 cm³/mol. The molecule has 1 fully saturated rings. The Labute approximate surface area is 213 Å². The minimum absolute atomic E-state index is 0.816. The van der Waals surface area contributed by atoms with Crippen molar-refractivity contribution in [3.05, 3.63) is 41.5 Å². The SMILES string of the molecule is CCCCCCCCCCC1CCC(c2ccc(C3=CCC(CCCCCC)CC3)cc2)CC1. The van der Waals surface area contributed by atoms with E-state index in [4.69, 9.17) is 0 Å². The molecule has 0 bridgehead atoms. The number of hydrogen-bond donors (Lipinski definition) is 0. The normalized spacial score (nSPS) is 23.1. The molecule has 0 nitrogen and oxygen atoms in total. The summed E-state index contributed by atoms with van der Waals surface area (Å²) < 4.78 is 0. The van der Waals surface area contributed by atoms with Gasteiger partial charge in [-0.2, -0.15) is 0 Å². The van der Waals surface area contributed by atoms with Crippen molar-refractivity contribution in [3.8, 4) is 0 Å². The molecule has 1 aromatic rings. The molecule has 0 saturated heterocycles.